The van der Waals surface area contributed by atoms with Crippen LogP contribution in [0, 0.1) is 17.6 Å². The van der Waals surface area contributed by atoms with Crippen LogP contribution < -0.4 is 0 Å². The Labute approximate surface area is 86.5 Å². The van der Waals surface area contributed by atoms with E-state index in [1.165, 1.54) is 6.07 Å². The molecule has 0 saturated carbocycles. The summed E-state index contributed by atoms with van der Waals surface area (Å²) in [5.74, 6) is -2.92. The Balaban J connectivity index is 2.84. The zero-order valence-corrected chi connectivity index (χ0v) is 8.34. The number of hydrogen-bond acceptors (Lipinski definition) is 1. The minimum Gasteiger partial charge on any atom is -0.481 e. The first-order valence-electron chi connectivity index (χ1n) is 4.71. The second-order valence-electron chi connectivity index (χ2n) is 3.38. The summed E-state index contributed by atoms with van der Waals surface area (Å²) >= 11 is 0. The van der Waals surface area contributed by atoms with Gasteiger partial charge in [-0.3, -0.25) is 4.79 Å². The third-order valence-corrected chi connectivity index (χ3v) is 2.32. The average Bonchev–Trinajstić information content (AvgIpc) is 2.16. The highest BCUT2D eigenvalue weighted by Gasteiger charge is 2.17. The number of hydrogen-bond donors (Lipinski definition) is 1. The lowest BCUT2D eigenvalue weighted by Gasteiger charge is -2.10. The van der Waals surface area contributed by atoms with Crippen molar-refractivity contribution in [1.29, 1.82) is 0 Å². The van der Waals surface area contributed by atoms with E-state index in [1.807, 2.05) is 0 Å². The molecule has 1 aromatic rings. The van der Waals surface area contributed by atoms with E-state index in [-0.39, 0.29) is 12.0 Å². The molecule has 1 N–H and O–H groups in total. The van der Waals surface area contributed by atoms with Crippen molar-refractivity contribution in [3.8, 4) is 0 Å². The molecular weight excluding hydrogens is 202 g/mol. The van der Waals surface area contributed by atoms with Crippen molar-refractivity contribution in [2.45, 2.75) is 19.8 Å². The largest absolute Gasteiger partial charge is 0.481 e. The number of aliphatic carboxylic acids is 1. The van der Waals surface area contributed by atoms with Gasteiger partial charge in [-0.15, -0.1) is 0 Å². The molecule has 0 radical (unpaired) electrons. The maximum absolute atomic E-state index is 13.2. The van der Waals surface area contributed by atoms with Crippen molar-refractivity contribution >= 4 is 5.97 Å². The number of carboxylic acid groups (broad SMARTS) is 1. The van der Waals surface area contributed by atoms with Gasteiger partial charge in [-0.05, 0) is 24.5 Å². The molecule has 2 nitrogen and oxygen atoms in total. The van der Waals surface area contributed by atoms with Crippen LogP contribution in [0.25, 0.3) is 0 Å². The quantitative estimate of drug-likeness (QED) is 0.836. The molecule has 0 fully saturated rings. The van der Waals surface area contributed by atoms with Crippen LogP contribution in [-0.2, 0) is 11.2 Å². The zero-order chi connectivity index (χ0) is 11.4. The summed E-state index contributed by atoms with van der Waals surface area (Å²) < 4.78 is 25.7. The minimum atomic E-state index is -0.957. The summed E-state index contributed by atoms with van der Waals surface area (Å²) in [7, 11) is 0. The first-order chi connectivity index (χ1) is 7.04. The van der Waals surface area contributed by atoms with Crippen molar-refractivity contribution in [3.05, 3.63) is 35.4 Å². The average molecular weight is 214 g/mol. The van der Waals surface area contributed by atoms with Gasteiger partial charge in [0.25, 0.3) is 0 Å². The summed E-state index contributed by atoms with van der Waals surface area (Å²) in [4.78, 5) is 10.7. The van der Waals surface area contributed by atoms with Crippen LogP contribution in [0.3, 0.4) is 0 Å². The summed E-state index contributed by atoms with van der Waals surface area (Å²) in [5.41, 5.74) is 0.241. The molecular formula is C11H12F2O2. The van der Waals surface area contributed by atoms with Crippen LogP contribution in [-0.4, -0.2) is 11.1 Å². The first-order valence-corrected chi connectivity index (χ1v) is 4.71. The molecule has 0 saturated heterocycles. The van der Waals surface area contributed by atoms with Gasteiger partial charge in [0.1, 0.15) is 11.6 Å². The standard InChI is InChI=1S/C11H12F2O2/c1-2-7(11(14)15)5-8-3-4-9(12)6-10(8)13/h3-4,6-7H,2,5H2,1H3,(H,14,15)/t7-/m1/s1. The van der Waals surface area contributed by atoms with E-state index in [0.717, 1.165) is 12.1 Å². The van der Waals surface area contributed by atoms with Crippen LogP contribution in [0.15, 0.2) is 18.2 Å². The fourth-order valence-electron chi connectivity index (χ4n) is 1.36. The predicted octanol–water partition coefficient (Wildman–Crippen LogP) is 2.62. The van der Waals surface area contributed by atoms with Crippen molar-refractivity contribution in [1.82, 2.24) is 0 Å². The summed E-state index contributed by atoms with van der Waals surface area (Å²) in [5, 5.41) is 8.78. The maximum atomic E-state index is 13.2. The third kappa shape index (κ3) is 3.01. The van der Waals surface area contributed by atoms with E-state index < -0.39 is 23.5 Å². The molecule has 0 aromatic heterocycles. The van der Waals surface area contributed by atoms with Crippen molar-refractivity contribution < 1.29 is 18.7 Å². The van der Waals surface area contributed by atoms with Crippen LogP contribution in [0.5, 0.6) is 0 Å². The molecule has 1 aromatic carbocycles. The highest BCUT2D eigenvalue weighted by molar-refractivity contribution is 5.70. The number of halogens is 2. The third-order valence-electron chi connectivity index (χ3n) is 2.32. The van der Waals surface area contributed by atoms with Gasteiger partial charge in [0.05, 0.1) is 5.92 Å². The maximum Gasteiger partial charge on any atom is 0.306 e. The number of benzene rings is 1. The molecule has 4 heteroatoms. The molecule has 0 spiro atoms. The van der Waals surface area contributed by atoms with E-state index >= 15 is 0 Å². The number of carbonyl (C=O) groups is 1. The van der Waals surface area contributed by atoms with Gasteiger partial charge in [0, 0.05) is 6.07 Å². The number of carboxylic acids is 1. The molecule has 0 aliphatic carbocycles. The Morgan fingerprint density at radius 3 is 2.60 bits per heavy atom. The van der Waals surface area contributed by atoms with Crippen LogP contribution in [0.4, 0.5) is 8.78 Å². The minimum absolute atomic E-state index is 0.0952. The normalized spacial score (nSPS) is 12.5. The van der Waals surface area contributed by atoms with E-state index in [2.05, 4.69) is 0 Å². The molecule has 0 unspecified atom stereocenters. The first kappa shape index (κ1) is 11.6. The van der Waals surface area contributed by atoms with Crippen LogP contribution in [0.1, 0.15) is 18.9 Å². The smallest absolute Gasteiger partial charge is 0.306 e. The van der Waals surface area contributed by atoms with Gasteiger partial charge in [0.15, 0.2) is 0 Å². The van der Waals surface area contributed by atoms with Gasteiger partial charge in [-0.2, -0.15) is 0 Å². The lowest BCUT2D eigenvalue weighted by atomic mass is 9.97. The van der Waals surface area contributed by atoms with E-state index in [1.54, 1.807) is 6.92 Å². The Hall–Kier alpha value is -1.45. The monoisotopic (exact) mass is 214 g/mol. The summed E-state index contributed by atoms with van der Waals surface area (Å²) in [6.45, 7) is 1.72. The SMILES string of the molecule is CC[C@H](Cc1ccc(F)cc1F)C(=O)O. The Bertz CT molecular complexity index is 364. The van der Waals surface area contributed by atoms with Crippen molar-refractivity contribution in [2.24, 2.45) is 5.92 Å². The molecule has 1 rings (SSSR count). The summed E-state index contributed by atoms with van der Waals surface area (Å²) in [6, 6.07) is 3.19. The van der Waals surface area contributed by atoms with E-state index in [0.29, 0.717) is 6.42 Å². The summed E-state index contributed by atoms with van der Waals surface area (Å²) in [6.07, 6.45) is 0.518. The molecule has 15 heavy (non-hydrogen) atoms. The van der Waals surface area contributed by atoms with Crippen LogP contribution >= 0.6 is 0 Å². The molecule has 0 bridgehead atoms. The zero-order valence-electron chi connectivity index (χ0n) is 8.34. The fraction of sp³-hybridized carbons (Fsp3) is 0.364. The molecule has 0 aliphatic rings. The molecule has 1 atom stereocenters. The second-order valence-corrected chi connectivity index (χ2v) is 3.38. The molecule has 0 aliphatic heterocycles. The van der Waals surface area contributed by atoms with Gasteiger partial charge in [-0.1, -0.05) is 13.0 Å². The Morgan fingerprint density at radius 1 is 1.47 bits per heavy atom. The molecule has 0 heterocycles. The van der Waals surface area contributed by atoms with Gasteiger partial charge >= 0.3 is 5.97 Å². The highest BCUT2D eigenvalue weighted by Crippen LogP contribution is 2.16. The lowest BCUT2D eigenvalue weighted by molar-refractivity contribution is -0.141. The van der Waals surface area contributed by atoms with Gasteiger partial charge < -0.3 is 5.11 Å². The number of rotatable bonds is 4. The Kier molecular flexibility index (Phi) is 3.77. The second kappa shape index (κ2) is 4.87. The van der Waals surface area contributed by atoms with Crippen molar-refractivity contribution in [3.63, 3.8) is 0 Å². The Morgan fingerprint density at radius 2 is 2.13 bits per heavy atom. The highest BCUT2D eigenvalue weighted by atomic mass is 19.1. The predicted molar refractivity (Wildman–Crippen MR) is 51.5 cm³/mol. The van der Waals surface area contributed by atoms with Gasteiger partial charge in [-0.25, -0.2) is 8.78 Å². The fourth-order valence-corrected chi connectivity index (χ4v) is 1.36. The van der Waals surface area contributed by atoms with Gasteiger partial charge in [0.2, 0.25) is 0 Å². The lowest BCUT2D eigenvalue weighted by Crippen LogP contribution is -2.16. The molecule has 82 valence electrons. The van der Waals surface area contributed by atoms with E-state index in [4.69, 9.17) is 5.11 Å². The van der Waals surface area contributed by atoms with Crippen LogP contribution in [0.2, 0.25) is 0 Å². The van der Waals surface area contributed by atoms with E-state index in [9.17, 15) is 13.6 Å². The molecule has 0 amide bonds. The topological polar surface area (TPSA) is 37.3 Å². The van der Waals surface area contributed by atoms with Crippen molar-refractivity contribution in [2.75, 3.05) is 0 Å².